The Kier molecular flexibility index (Phi) is 3.99. The van der Waals surface area contributed by atoms with Crippen LogP contribution < -0.4 is 5.90 Å². The summed E-state index contributed by atoms with van der Waals surface area (Å²) in [6.07, 6.45) is 2.05. The fraction of sp³-hybridized carbons (Fsp3) is 0.857. The summed E-state index contributed by atoms with van der Waals surface area (Å²) in [5.74, 6) is 4.23. The third-order valence-corrected chi connectivity index (χ3v) is 1.66. The van der Waals surface area contributed by atoms with Gasteiger partial charge in [0.15, 0.2) is 6.61 Å². The molecule has 1 aliphatic heterocycles. The molecule has 0 aromatic rings. The van der Waals surface area contributed by atoms with Gasteiger partial charge < -0.3 is 9.47 Å². The molecule has 1 heterocycles. The molecule has 0 saturated carbocycles. The Morgan fingerprint density at radius 2 is 2.50 bits per heavy atom. The summed E-state index contributed by atoms with van der Waals surface area (Å²) in [4.78, 5) is 14.8. The van der Waals surface area contributed by atoms with Crippen LogP contribution in [-0.2, 0) is 19.1 Å². The topological polar surface area (TPSA) is 70.8 Å². The number of carbonyl (C=O) groups is 1. The zero-order valence-corrected chi connectivity index (χ0v) is 6.82. The molecule has 0 bridgehead atoms. The van der Waals surface area contributed by atoms with E-state index in [-0.39, 0.29) is 12.7 Å². The van der Waals surface area contributed by atoms with Crippen molar-refractivity contribution in [3.05, 3.63) is 0 Å². The second-order valence-corrected chi connectivity index (χ2v) is 2.63. The zero-order chi connectivity index (χ0) is 8.81. The van der Waals surface area contributed by atoms with Crippen molar-refractivity contribution in [2.24, 2.45) is 5.90 Å². The molecule has 1 aliphatic rings. The minimum Gasteiger partial charge on any atom is -0.461 e. The number of esters is 1. The van der Waals surface area contributed by atoms with Crippen LogP contribution in [0.15, 0.2) is 0 Å². The van der Waals surface area contributed by atoms with Gasteiger partial charge in [0.2, 0.25) is 0 Å². The molecule has 1 fully saturated rings. The second-order valence-electron chi connectivity index (χ2n) is 2.63. The highest BCUT2D eigenvalue weighted by Crippen LogP contribution is 2.11. The van der Waals surface area contributed by atoms with Gasteiger partial charge in [0.05, 0.1) is 6.10 Å². The molecule has 0 aromatic heterocycles. The molecular weight excluding hydrogens is 162 g/mol. The summed E-state index contributed by atoms with van der Waals surface area (Å²) >= 11 is 0. The standard InChI is InChI=1S/C7H13NO4/c8-12-5-7(9)11-4-6-2-1-3-10-6/h6H,1-5,8H2. The first-order valence-electron chi connectivity index (χ1n) is 3.92. The molecule has 0 radical (unpaired) electrons. The number of nitrogens with two attached hydrogens (primary N) is 1. The Morgan fingerprint density at radius 3 is 3.08 bits per heavy atom. The highest BCUT2D eigenvalue weighted by molar-refractivity contribution is 5.70. The first-order chi connectivity index (χ1) is 5.83. The Hall–Kier alpha value is -0.650. The van der Waals surface area contributed by atoms with E-state index in [9.17, 15) is 4.79 Å². The lowest BCUT2D eigenvalue weighted by molar-refractivity contribution is -0.152. The van der Waals surface area contributed by atoms with Crippen LogP contribution in [-0.4, -0.2) is 31.9 Å². The van der Waals surface area contributed by atoms with Crippen LogP contribution in [0.4, 0.5) is 0 Å². The number of rotatable bonds is 4. The molecule has 5 nitrogen and oxygen atoms in total. The van der Waals surface area contributed by atoms with Crippen molar-refractivity contribution < 1.29 is 19.1 Å². The van der Waals surface area contributed by atoms with Crippen LogP contribution in [0.5, 0.6) is 0 Å². The average Bonchev–Trinajstić information content (AvgIpc) is 2.53. The van der Waals surface area contributed by atoms with Gasteiger partial charge in [-0.2, -0.15) is 0 Å². The summed E-state index contributed by atoms with van der Waals surface area (Å²) in [7, 11) is 0. The second kappa shape index (κ2) is 5.08. The summed E-state index contributed by atoms with van der Waals surface area (Å²) in [5.41, 5.74) is 0. The summed E-state index contributed by atoms with van der Waals surface area (Å²) in [6, 6.07) is 0. The molecule has 1 unspecified atom stereocenters. The zero-order valence-electron chi connectivity index (χ0n) is 6.82. The highest BCUT2D eigenvalue weighted by Gasteiger charge is 2.17. The molecule has 0 spiro atoms. The third kappa shape index (κ3) is 3.17. The van der Waals surface area contributed by atoms with Gasteiger partial charge in [-0.3, -0.25) is 4.84 Å². The number of carbonyl (C=O) groups excluding carboxylic acids is 1. The van der Waals surface area contributed by atoms with Gasteiger partial charge in [0.1, 0.15) is 6.61 Å². The lowest BCUT2D eigenvalue weighted by Crippen LogP contribution is -2.21. The maximum Gasteiger partial charge on any atom is 0.334 e. The Morgan fingerprint density at radius 1 is 1.67 bits per heavy atom. The lowest BCUT2D eigenvalue weighted by atomic mass is 10.2. The molecule has 1 saturated heterocycles. The minimum atomic E-state index is -0.451. The van der Waals surface area contributed by atoms with Crippen molar-refractivity contribution in [2.45, 2.75) is 18.9 Å². The Balaban J connectivity index is 2.03. The molecule has 0 aromatic carbocycles. The SMILES string of the molecule is NOCC(=O)OCC1CCCO1. The smallest absolute Gasteiger partial charge is 0.334 e. The van der Waals surface area contributed by atoms with Gasteiger partial charge in [0.25, 0.3) is 0 Å². The van der Waals surface area contributed by atoms with Crippen LogP contribution in [0, 0.1) is 0 Å². The van der Waals surface area contributed by atoms with Gasteiger partial charge in [0, 0.05) is 6.61 Å². The molecular formula is C7H13NO4. The van der Waals surface area contributed by atoms with Crippen molar-refractivity contribution in [3.8, 4) is 0 Å². The summed E-state index contributed by atoms with van der Waals surface area (Å²) in [6.45, 7) is 0.866. The van der Waals surface area contributed by atoms with Crippen molar-refractivity contribution in [2.75, 3.05) is 19.8 Å². The van der Waals surface area contributed by atoms with E-state index in [1.54, 1.807) is 0 Å². The fourth-order valence-corrected chi connectivity index (χ4v) is 1.07. The van der Waals surface area contributed by atoms with E-state index >= 15 is 0 Å². The Bertz CT molecular complexity index is 144. The summed E-state index contributed by atoms with van der Waals surface area (Å²) < 4.78 is 10.0. The minimum absolute atomic E-state index is 0.0618. The van der Waals surface area contributed by atoms with Gasteiger partial charge in [-0.05, 0) is 12.8 Å². The van der Waals surface area contributed by atoms with E-state index in [1.165, 1.54) is 0 Å². The molecule has 12 heavy (non-hydrogen) atoms. The van der Waals surface area contributed by atoms with Crippen LogP contribution in [0.2, 0.25) is 0 Å². The first kappa shape index (κ1) is 9.44. The molecule has 1 rings (SSSR count). The van der Waals surface area contributed by atoms with Crippen LogP contribution in [0.3, 0.4) is 0 Å². The predicted octanol–water partition coefficient (Wildman–Crippen LogP) is -0.401. The molecule has 2 N–H and O–H groups in total. The third-order valence-electron chi connectivity index (χ3n) is 1.66. The first-order valence-corrected chi connectivity index (χ1v) is 3.92. The fourth-order valence-electron chi connectivity index (χ4n) is 1.07. The molecule has 5 heteroatoms. The van der Waals surface area contributed by atoms with Crippen LogP contribution in [0.1, 0.15) is 12.8 Å². The van der Waals surface area contributed by atoms with Crippen molar-refractivity contribution >= 4 is 5.97 Å². The average molecular weight is 175 g/mol. The van der Waals surface area contributed by atoms with Gasteiger partial charge in [-0.1, -0.05) is 0 Å². The van der Waals surface area contributed by atoms with E-state index in [0.717, 1.165) is 19.4 Å². The van der Waals surface area contributed by atoms with E-state index in [2.05, 4.69) is 10.7 Å². The molecule has 1 atom stereocenters. The number of ether oxygens (including phenoxy) is 2. The number of hydrogen-bond donors (Lipinski definition) is 1. The van der Waals surface area contributed by atoms with Crippen LogP contribution >= 0.6 is 0 Å². The van der Waals surface area contributed by atoms with Crippen molar-refractivity contribution in [3.63, 3.8) is 0 Å². The van der Waals surface area contributed by atoms with Crippen molar-refractivity contribution in [1.82, 2.24) is 0 Å². The number of hydrogen-bond acceptors (Lipinski definition) is 5. The van der Waals surface area contributed by atoms with E-state index in [0.29, 0.717) is 6.61 Å². The van der Waals surface area contributed by atoms with Crippen molar-refractivity contribution in [1.29, 1.82) is 0 Å². The van der Waals surface area contributed by atoms with Gasteiger partial charge in [-0.15, -0.1) is 0 Å². The van der Waals surface area contributed by atoms with E-state index in [1.807, 2.05) is 0 Å². The van der Waals surface area contributed by atoms with Gasteiger partial charge >= 0.3 is 5.97 Å². The Labute approximate surface area is 70.7 Å². The van der Waals surface area contributed by atoms with Gasteiger partial charge in [-0.25, -0.2) is 10.7 Å². The highest BCUT2D eigenvalue weighted by atomic mass is 16.6. The summed E-state index contributed by atoms with van der Waals surface area (Å²) in [5, 5.41) is 0. The maximum absolute atomic E-state index is 10.7. The maximum atomic E-state index is 10.7. The predicted molar refractivity (Wildman–Crippen MR) is 40.1 cm³/mol. The molecule has 0 amide bonds. The largest absolute Gasteiger partial charge is 0.461 e. The normalized spacial score (nSPS) is 22.6. The molecule has 70 valence electrons. The quantitative estimate of drug-likeness (QED) is 0.465. The van der Waals surface area contributed by atoms with E-state index in [4.69, 9.17) is 9.47 Å². The van der Waals surface area contributed by atoms with Crippen LogP contribution in [0.25, 0.3) is 0 Å². The lowest BCUT2D eigenvalue weighted by Gasteiger charge is -2.09. The van der Waals surface area contributed by atoms with E-state index < -0.39 is 5.97 Å². The monoisotopic (exact) mass is 175 g/mol. The molecule has 0 aliphatic carbocycles.